The van der Waals surface area contributed by atoms with E-state index in [0.29, 0.717) is 62.6 Å². The third-order valence-electron chi connectivity index (χ3n) is 6.42. The van der Waals surface area contributed by atoms with E-state index >= 15 is 0 Å². The molecular formula is C25H35N7O4. The summed E-state index contributed by atoms with van der Waals surface area (Å²) < 4.78 is 7.68. The molecule has 11 nitrogen and oxygen atoms in total. The number of nitrogens with one attached hydrogen (secondary N) is 3. The molecule has 3 amide bonds. The highest BCUT2D eigenvalue weighted by Gasteiger charge is 2.27. The van der Waals surface area contributed by atoms with E-state index in [0.717, 1.165) is 24.9 Å². The Hall–Kier alpha value is -3.47. The molecule has 2 aliphatic heterocycles. The van der Waals surface area contributed by atoms with Gasteiger partial charge in [0.1, 0.15) is 17.5 Å². The molecule has 0 unspecified atom stereocenters. The number of carbonyl (C=O) groups excluding carboxylic acids is 3. The fourth-order valence-corrected chi connectivity index (χ4v) is 4.42. The molecule has 0 saturated carbocycles. The molecule has 1 fully saturated rings. The Balaban J connectivity index is 1.49. The fraction of sp³-hybridized carbons (Fsp3) is 0.560. The van der Waals surface area contributed by atoms with Gasteiger partial charge in [0.15, 0.2) is 0 Å². The Kier molecular flexibility index (Phi) is 8.52. The molecule has 3 heterocycles. The van der Waals surface area contributed by atoms with Crippen molar-refractivity contribution in [3.63, 3.8) is 0 Å². The number of nitrogens with zero attached hydrogens (tertiary/aromatic N) is 4. The van der Waals surface area contributed by atoms with Crippen molar-refractivity contribution in [2.75, 3.05) is 26.2 Å². The van der Waals surface area contributed by atoms with Crippen molar-refractivity contribution in [1.29, 1.82) is 0 Å². The summed E-state index contributed by atoms with van der Waals surface area (Å²) in [6.45, 7) is 6.61. The fourth-order valence-electron chi connectivity index (χ4n) is 4.42. The van der Waals surface area contributed by atoms with Crippen molar-refractivity contribution in [2.45, 2.75) is 64.7 Å². The second kappa shape index (κ2) is 12.0. The minimum atomic E-state index is -0.719. The molecule has 0 spiro atoms. The molecule has 1 saturated heterocycles. The van der Waals surface area contributed by atoms with E-state index in [1.54, 1.807) is 22.6 Å². The van der Waals surface area contributed by atoms with E-state index in [-0.39, 0.29) is 23.8 Å². The largest absolute Gasteiger partial charge is 0.493 e. The molecule has 2 bridgehead atoms. The molecule has 4 rings (SSSR count). The first-order chi connectivity index (χ1) is 17.4. The van der Waals surface area contributed by atoms with Gasteiger partial charge in [-0.2, -0.15) is 0 Å². The topological polar surface area (TPSA) is 130 Å². The Morgan fingerprint density at radius 3 is 2.81 bits per heavy atom. The molecule has 2 aromatic rings. The summed E-state index contributed by atoms with van der Waals surface area (Å²) in [5.74, 6) is -0.130. The number of rotatable bonds is 1. The first kappa shape index (κ1) is 25.6. The zero-order chi connectivity index (χ0) is 25.5. The Morgan fingerprint density at radius 1 is 1.14 bits per heavy atom. The monoisotopic (exact) mass is 497 g/mol. The summed E-state index contributed by atoms with van der Waals surface area (Å²) in [6, 6.07) is 4.46. The third-order valence-corrected chi connectivity index (χ3v) is 6.42. The van der Waals surface area contributed by atoms with Crippen LogP contribution in [0.3, 0.4) is 0 Å². The predicted octanol–water partition coefficient (Wildman–Crippen LogP) is 0.774. The summed E-state index contributed by atoms with van der Waals surface area (Å²) in [5.41, 5.74) is 2.07. The maximum atomic E-state index is 13.1. The van der Waals surface area contributed by atoms with Crippen LogP contribution in [0, 0.1) is 6.92 Å². The lowest BCUT2D eigenvalue weighted by atomic mass is 10.1. The molecule has 2 atom stereocenters. The zero-order valence-electron chi connectivity index (χ0n) is 21.0. The van der Waals surface area contributed by atoms with Crippen LogP contribution in [0.25, 0.3) is 0 Å². The number of fused-ring (bicyclic) bond motifs is 3. The Bertz CT molecular complexity index is 1080. The Morgan fingerprint density at radius 2 is 2.00 bits per heavy atom. The number of ether oxygens (including phenoxy) is 1. The first-order valence-corrected chi connectivity index (χ1v) is 12.6. The van der Waals surface area contributed by atoms with Crippen molar-refractivity contribution in [3.05, 3.63) is 41.2 Å². The average Bonchev–Trinajstić information content (AvgIpc) is 3.55. The van der Waals surface area contributed by atoms with Crippen LogP contribution in [0.15, 0.2) is 24.4 Å². The maximum absolute atomic E-state index is 13.1. The van der Waals surface area contributed by atoms with Crippen molar-refractivity contribution in [1.82, 2.24) is 35.8 Å². The highest BCUT2D eigenvalue weighted by molar-refractivity contribution is 5.99. The van der Waals surface area contributed by atoms with Gasteiger partial charge in [-0.25, -0.2) is 0 Å². The number of aromatic nitrogens is 3. The zero-order valence-corrected chi connectivity index (χ0v) is 21.0. The van der Waals surface area contributed by atoms with Gasteiger partial charge < -0.3 is 25.6 Å². The summed E-state index contributed by atoms with van der Waals surface area (Å²) in [4.78, 5) is 40.4. The molecule has 1 aromatic heterocycles. The minimum Gasteiger partial charge on any atom is -0.493 e. The van der Waals surface area contributed by atoms with Gasteiger partial charge in [0, 0.05) is 26.1 Å². The van der Waals surface area contributed by atoms with E-state index in [1.807, 2.05) is 25.3 Å². The second-order valence-electron chi connectivity index (χ2n) is 9.42. The number of hydrogen-bond acceptors (Lipinski definition) is 7. The summed E-state index contributed by atoms with van der Waals surface area (Å²) in [7, 11) is 0. The van der Waals surface area contributed by atoms with Gasteiger partial charge in [-0.15, -0.1) is 5.10 Å². The van der Waals surface area contributed by atoms with Gasteiger partial charge in [-0.1, -0.05) is 11.3 Å². The molecular weight excluding hydrogens is 462 g/mol. The van der Waals surface area contributed by atoms with Crippen LogP contribution in [-0.4, -0.2) is 75.9 Å². The van der Waals surface area contributed by atoms with Crippen molar-refractivity contribution < 1.29 is 19.1 Å². The van der Waals surface area contributed by atoms with E-state index in [2.05, 4.69) is 26.3 Å². The van der Waals surface area contributed by atoms with Gasteiger partial charge in [0.2, 0.25) is 11.8 Å². The quantitative estimate of drug-likeness (QED) is 0.531. The van der Waals surface area contributed by atoms with Crippen molar-refractivity contribution in [3.8, 4) is 5.75 Å². The van der Waals surface area contributed by atoms with Crippen LogP contribution >= 0.6 is 0 Å². The highest BCUT2D eigenvalue weighted by Crippen LogP contribution is 2.21. The molecule has 2 aliphatic rings. The standard InChI is InChI=1S/C25H35N7O4/c1-17-7-8-20-22(14-17)36-13-5-12-32-16-19(29-30-32)15-31(25(35)21-6-3-9-26-21)11-4-10-27-23(33)18(2)28-24(20)34/h7-8,14,16,18,21,26H,3-6,9-13,15H2,1-2H3,(H,27,33)(H,28,34)/t18-,21+/m1/s1. The molecule has 36 heavy (non-hydrogen) atoms. The lowest BCUT2D eigenvalue weighted by Crippen LogP contribution is -2.46. The first-order valence-electron chi connectivity index (χ1n) is 12.6. The Labute approximate surface area is 210 Å². The predicted molar refractivity (Wildman–Crippen MR) is 132 cm³/mol. The van der Waals surface area contributed by atoms with E-state index in [4.69, 9.17) is 4.74 Å². The number of aryl methyl sites for hydroxylation is 2. The molecule has 194 valence electrons. The average molecular weight is 498 g/mol. The van der Waals surface area contributed by atoms with Gasteiger partial charge in [0.05, 0.1) is 31.0 Å². The van der Waals surface area contributed by atoms with Crippen molar-refractivity contribution in [2.24, 2.45) is 0 Å². The summed E-state index contributed by atoms with van der Waals surface area (Å²) >= 11 is 0. The van der Waals surface area contributed by atoms with E-state index < -0.39 is 6.04 Å². The normalized spacial score (nSPS) is 22.3. The number of hydrogen-bond donors (Lipinski definition) is 3. The highest BCUT2D eigenvalue weighted by atomic mass is 16.5. The van der Waals surface area contributed by atoms with Gasteiger partial charge in [0.25, 0.3) is 5.91 Å². The van der Waals surface area contributed by atoms with Crippen LogP contribution in [0.1, 0.15) is 54.2 Å². The second-order valence-corrected chi connectivity index (χ2v) is 9.42. The lowest BCUT2D eigenvalue weighted by Gasteiger charge is -2.25. The van der Waals surface area contributed by atoms with E-state index in [1.165, 1.54) is 0 Å². The molecule has 0 aliphatic carbocycles. The van der Waals surface area contributed by atoms with Crippen LogP contribution in [0.2, 0.25) is 0 Å². The lowest BCUT2D eigenvalue weighted by molar-refractivity contribution is -0.133. The van der Waals surface area contributed by atoms with Gasteiger partial charge in [-0.3, -0.25) is 19.1 Å². The number of carbonyl (C=O) groups is 3. The van der Waals surface area contributed by atoms with Crippen molar-refractivity contribution >= 4 is 17.7 Å². The molecule has 1 aromatic carbocycles. The van der Waals surface area contributed by atoms with Crippen LogP contribution in [0.5, 0.6) is 5.75 Å². The molecule has 0 radical (unpaired) electrons. The third kappa shape index (κ3) is 6.60. The SMILES string of the molecule is Cc1ccc2c(c1)OCCCn1cc(nn1)CN(C(=O)[C@@H]1CCCN1)CCCNC(=O)[C@@H](C)NC2=O. The van der Waals surface area contributed by atoms with Gasteiger partial charge in [-0.05, 0) is 57.4 Å². The van der Waals surface area contributed by atoms with Crippen LogP contribution in [-0.2, 0) is 22.7 Å². The number of benzene rings is 1. The smallest absolute Gasteiger partial charge is 0.255 e. The van der Waals surface area contributed by atoms with Crippen LogP contribution < -0.4 is 20.7 Å². The number of amides is 3. The van der Waals surface area contributed by atoms with E-state index in [9.17, 15) is 14.4 Å². The minimum absolute atomic E-state index is 0.0429. The van der Waals surface area contributed by atoms with Crippen LogP contribution in [0.4, 0.5) is 0 Å². The maximum Gasteiger partial charge on any atom is 0.255 e. The summed E-state index contributed by atoms with van der Waals surface area (Å²) in [5, 5.41) is 17.3. The van der Waals surface area contributed by atoms with Gasteiger partial charge >= 0.3 is 0 Å². The molecule has 11 heteroatoms. The summed E-state index contributed by atoms with van der Waals surface area (Å²) in [6.07, 6.45) is 4.88. The molecule has 3 N–H and O–H groups in total.